The summed E-state index contributed by atoms with van der Waals surface area (Å²) in [5.41, 5.74) is 1.96. The Balaban J connectivity index is 1.67. The second-order valence-electron chi connectivity index (χ2n) is 6.01. The van der Waals surface area contributed by atoms with Gasteiger partial charge in [-0.25, -0.2) is 4.98 Å². The number of para-hydroxylation sites is 1. The number of carbonyl (C=O) groups excluding carboxylic acids is 1. The molecule has 1 aliphatic heterocycles. The van der Waals surface area contributed by atoms with E-state index in [1.807, 2.05) is 35.2 Å². The van der Waals surface area contributed by atoms with Crippen molar-refractivity contribution in [2.24, 2.45) is 0 Å². The Kier molecular flexibility index (Phi) is 3.61. The van der Waals surface area contributed by atoms with E-state index in [1.165, 1.54) is 0 Å². The molecule has 0 atom stereocenters. The van der Waals surface area contributed by atoms with Gasteiger partial charge in [0, 0.05) is 24.2 Å². The lowest BCUT2D eigenvalue weighted by molar-refractivity contribution is 0.0793. The molecule has 1 amide bonds. The average Bonchev–Trinajstić information content (AvgIpc) is 3.16. The standard InChI is InChI=1S/C19H17N3O2/c23-18-15-5-1-2-6-16(15)20-17(21-18)13-7-9-14(10-8-13)19(24)22-11-3-4-12-22/h1-2,5-10H,3-4,11-12H2,(H,20,21,23). The molecule has 5 nitrogen and oxygen atoms in total. The van der Waals surface area contributed by atoms with Crippen molar-refractivity contribution in [3.63, 3.8) is 0 Å². The van der Waals surface area contributed by atoms with Crippen LogP contribution >= 0.6 is 0 Å². The Morgan fingerprint density at radius 3 is 2.46 bits per heavy atom. The zero-order valence-electron chi connectivity index (χ0n) is 13.2. The van der Waals surface area contributed by atoms with Crippen molar-refractivity contribution in [1.29, 1.82) is 0 Å². The predicted octanol–water partition coefficient (Wildman–Crippen LogP) is 2.83. The molecule has 1 fully saturated rings. The molecule has 0 unspecified atom stereocenters. The van der Waals surface area contributed by atoms with E-state index in [9.17, 15) is 9.59 Å². The highest BCUT2D eigenvalue weighted by atomic mass is 16.2. The molecule has 24 heavy (non-hydrogen) atoms. The Labute approximate surface area is 139 Å². The van der Waals surface area contributed by atoms with Crippen molar-refractivity contribution in [1.82, 2.24) is 14.9 Å². The van der Waals surface area contributed by atoms with E-state index in [2.05, 4.69) is 9.97 Å². The number of aromatic amines is 1. The molecule has 5 heteroatoms. The second-order valence-corrected chi connectivity index (χ2v) is 6.01. The first-order chi connectivity index (χ1) is 11.7. The average molecular weight is 319 g/mol. The summed E-state index contributed by atoms with van der Waals surface area (Å²) in [5.74, 6) is 0.581. The Morgan fingerprint density at radius 2 is 1.71 bits per heavy atom. The summed E-state index contributed by atoms with van der Waals surface area (Å²) >= 11 is 0. The minimum absolute atomic E-state index is 0.0685. The smallest absolute Gasteiger partial charge is 0.259 e. The first-order valence-corrected chi connectivity index (χ1v) is 8.11. The fraction of sp³-hybridized carbons (Fsp3) is 0.211. The number of hydrogen-bond acceptors (Lipinski definition) is 3. The lowest BCUT2D eigenvalue weighted by Crippen LogP contribution is -2.27. The van der Waals surface area contributed by atoms with Crippen LogP contribution in [-0.2, 0) is 0 Å². The van der Waals surface area contributed by atoms with Crippen molar-refractivity contribution >= 4 is 16.8 Å². The maximum Gasteiger partial charge on any atom is 0.259 e. The minimum atomic E-state index is -0.159. The summed E-state index contributed by atoms with van der Waals surface area (Å²) in [7, 11) is 0. The number of H-pyrrole nitrogens is 1. The molecule has 2 aromatic carbocycles. The zero-order chi connectivity index (χ0) is 16.5. The number of amides is 1. The first kappa shape index (κ1) is 14.6. The van der Waals surface area contributed by atoms with Gasteiger partial charge in [0.1, 0.15) is 5.82 Å². The lowest BCUT2D eigenvalue weighted by Gasteiger charge is -2.15. The largest absolute Gasteiger partial charge is 0.339 e. The highest BCUT2D eigenvalue weighted by Gasteiger charge is 2.19. The number of aromatic nitrogens is 2. The third-order valence-corrected chi connectivity index (χ3v) is 4.41. The monoisotopic (exact) mass is 319 g/mol. The van der Waals surface area contributed by atoms with Crippen molar-refractivity contribution < 1.29 is 4.79 Å². The Bertz CT molecular complexity index is 954. The van der Waals surface area contributed by atoms with E-state index in [0.29, 0.717) is 22.3 Å². The first-order valence-electron chi connectivity index (χ1n) is 8.11. The molecule has 3 aromatic rings. The number of likely N-dealkylation sites (tertiary alicyclic amines) is 1. The molecule has 1 aliphatic rings. The molecule has 0 saturated carbocycles. The number of hydrogen-bond donors (Lipinski definition) is 1. The quantitative estimate of drug-likeness (QED) is 0.790. The van der Waals surface area contributed by atoms with Crippen LogP contribution in [0.25, 0.3) is 22.3 Å². The van der Waals surface area contributed by atoms with Gasteiger partial charge >= 0.3 is 0 Å². The number of rotatable bonds is 2. The molecule has 120 valence electrons. The van der Waals surface area contributed by atoms with E-state index in [4.69, 9.17) is 0 Å². The second kappa shape index (κ2) is 5.92. The molecule has 1 saturated heterocycles. The van der Waals surface area contributed by atoms with Crippen LogP contribution in [0.1, 0.15) is 23.2 Å². The van der Waals surface area contributed by atoms with Crippen LogP contribution in [0.2, 0.25) is 0 Å². The summed E-state index contributed by atoms with van der Waals surface area (Å²) in [5, 5.41) is 0.571. The third kappa shape index (κ3) is 2.58. The van der Waals surface area contributed by atoms with Gasteiger partial charge in [-0.15, -0.1) is 0 Å². The van der Waals surface area contributed by atoms with Gasteiger partial charge in [0.25, 0.3) is 11.5 Å². The maximum absolute atomic E-state index is 12.4. The number of nitrogens with zero attached hydrogens (tertiary/aromatic N) is 2. The van der Waals surface area contributed by atoms with Crippen LogP contribution in [0.3, 0.4) is 0 Å². The number of nitrogens with one attached hydrogen (secondary N) is 1. The van der Waals surface area contributed by atoms with Gasteiger partial charge in [0.05, 0.1) is 10.9 Å². The normalized spacial score (nSPS) is 14.2. The van der Waals surface area contributed by atoms with Crippen molar-refractivity contribution in [3.8, 4) is 11.4 Å². The molecule has 0 bridgehead atoms. The fourth-order valence-electron chi connectivity index (χ4n) is 3.10. The highest BCUT2D eigenvalue weighted by molar-refractivity contribution is 5.94. The van der Waals surface area contributed by atoms with Crippen LogP contribution in [0.5, 0.6) is 0 Å². The van der Waals surface area contributed by atoms with E-state index in [1.54, 1.807) is 18.2 Å². The van der Waals surface area contributed by atoms with Crippen LogP contribution < -0.4 is 5.56 Å². The van der Waals surface area contributed by atoms with E-state index < -0.39 is 0 Å². The molecule has 2 heterocycles. The van der Waals surface area contributed by atoms with Crippen molar-refractivity contribution in [2.75, 3.05) is 13.1 Å². The summed E-state index contributed by atoms with van der Waals surface area (Å²) < 4.78 is 0. The summed E-state index contributed by atoms with van der Waals surface area (Å²) in [4.78, 5) is 33.7. The molecule has 0 spiro atoms. The van der Waals surface area contributed by atoms with Gasteiger partial charge < -0.3 is 9.88 Å². The van der Waals surface area contributed by atoms with Gasteiger partial charge in [0.2, 0.25) is 0 Å². The minimum Gasteiger partial charge on any atom is -0.339 e. The van der Waals surface area contributed by atoms with Crippen LogP contribution in [0, 0.1) is 0 Å². The topological polar surface area (TPSA) is 66.1 Å². The summed E-state index contributed by atoms with van der Waals surface area (Å²) in [6.07, 6.45) is 2.15. The van der Waals surface area contributed by atoms with E-state index in [0.717, 1.165) is 31.5 Å². The molecule has 0 aliphatic carbocycles. The zero-order valence-corrected chi connectivity index (χ0v) is 13.2. The summed E-state index contributed by atoms with van der Waals surface area (Å²) in [6, 6.07) is 14.5. The van der Waals surface area contributed by atoms with Gasteiger partial charge in [-0.3, -0.25) is 9.59 Å². The molecule has 1 aromatic heterocycles. The SMILES string of the molecule is O=C(c1ccc(-c2nc3ccccc3c(=O)[nH]2)cc1)N1CCCC1. The highest BCUT2D eigenvalue weighted by Crippen LogP contribution is 2.19. The molecule has 0 radical (unpaired) electrons. The van der Waals surface area contributed by atoms with Crippen molar-refractivity contribution in [3.05, 3.63) is 64.4 Å². The third-order valence-electron chi connectivity index (χ3n) is 4.41. The Morgan fingerprint density at radius 1 is 1.00 bits per heavy atom. The van der Waals surface area contributed by atoms with Gasteiger partial charge in [0.15, 0.2) is 0 Å². The van der Waals surface area contributed by atoms with Gasteiger partial charge in [-0.1, -0.05) is 24.3 Å². The molecule has 4 rings (SSSR count). The molecule has 1 N–H and O–H groups in total. The Hall–Kier alpha value is -2.95. The van der Waals surface area contributed by atoms with E-state index in [-0.39, 0.29) is 11.5 Å². The lowest BCUT2D eigenvalue weighted by atomic mass is 10.1. The van der Waals surface area contributed by atoms with Gasteiger partial charge in [-0.05, 0) is 37.1 Å². The molecular formula is C19H17N3O2. The number of fused-ring (bicyclic) bond motifs is 1. The van der Waals surface area contributed by atoms with Crippen LogP contribution in [-0.4, -0.2) is 33.9 Å². The maximum atomic E-state index is 12.4. The van der Waals surface area contributed by atoms with E-state index >= 15 is 0 Å². The molecular weight excluding hydrogens is 302 g/mol. The number of benzene rings is 2. The van der Waals surface area contributed by atoms with Crippen LogP contribution in [0.4, 0.5) is 0 Å². The predicted molar refractivity (Wildman–Crippen MR) is 92.9 cm³/mol. The van der Waals surface area contributed by atoms with Crippen LogP contribution in [0.15, 0.2) is 53.3 Å². The number of carbonyl (C=O) groups is 1. The van der Waals surface area contributed by atoms with Crippen molar-refractivity contribution in [2.45, 2.75) is 12.8 Å². The summed E-state index contributed by atoms with van der Waals surface area (Å²) in [6.45, 7) is 1.67. The van der Waals surface area contributed by atoms with Gasteiger partial charge in [-0.2, -0.15) is 0 Å². The fourth-order valence-corrected chi connectivity index (χ4v) is 3.10.